The molecule has 1 fully saturated rings. The van der Waals surface area contributed by atoms with Gasteiger partial charge in [-0.15, -0.1) is 0 Å². The van der Waals surface area contributed by atoms with Crippen molar-refractivity contribution in [2.75, 3.05) is 29.1 Å². The molecule has 3 aromatic rings. The summed E-state index contributed by atoms with van der Waals surface area (Å²) in [5.41, 5.74) is 1.11. The van der Waals surface area contributed by atoms with Gasteiger partial charge in [0.25, 0.3) is 5.56 Å². The average Bonchev–Trinajstić information content (AvgIpc) is 3.38. The van der Waals surface area contributed by atoms with Crippen LogP contribution in [0.1, 0.15) is 19.8 Å². The van der Waals surface area contributed by atoms with Crippen LogP contribution >= 0.6 is 39.0 Å². The van der Waals surface area contributed by atoms with Crippen molar-refractivity contribution in [2.45, 2.75) is 31.5 Å². The summed E-state index contributed by atoms with van der Waals surface area (Å²) >= 11 is 6.04. The van der Waals surface area contributed by atoms with Crippen molar-refractivity contribution in [3.05, 3.63) is 39.1 Å². The molecule has 7 nitrogen and oxygen atoms in total. The number of thioether (sulfide) groups is 1. The maximum atomic E-state index is 12.9. The summed E-state index contributed by atoms with van der Waals surface area (Å²) < 4.78 is 3.15. The Balaban J connectivity index is 1.53. The summed E-state index contributed by atoms with van der Waals surface area (Å²) in [6.45, 7) is 4.35. The SMILES string of the molecule is CCn1c(SCC(=O)Nc2ccc(Br)cc2)nc2nc(N3CCCC3)sc2c1=O. The monoisotopic (exact) mass is 493 g/mol. The molecule has 0 saturated carbocycles. The fraction of sp³-hybridized carbons (Fsp3) is 0.368. The van der Waals surface area contributed by atoms with Gasteiger partial charge in [-0.05, 0) is 44.0 Å². The highest BCUT2D eigenvalue weighted by molar-refractivity contribution is 9.10. The van der Waals surface area contributed by atoms with Crippen molar-refractivity contribution >= 4 is 66.1 Å². The highest BCUT2D eigenvalue weighted by atomic mass is 79.9. The molecule has 1 N–H and O–H groups in total. The van der Waals surface area contributed by atoms with Crippen LogP contribution in [-0.4, -0.2) is 39.3 Å². The molecule has 2 aromatic heterocycles. The van der Waals surface area contributed by atoms with Gasteiger partial charge in [0.05, 0.1) is 5.75 Å². The Bertz CT molecular complexity index is 1090. The number of rotatable bonds is 6. The Labute approximate surface area is 184 Å². The maximum absolute atomic E-state index is 12.9. The minimum atomic E-state index is -0.148. The second-order valence-electron chi connectivity index (χ2n) is 6.63. The van der Waals surface area contributed by atoms with Crippen LogP contribution in [0.15, 0.2) is 38.7 Å². The van der Waals surface area contributed by atoms with E-state index in [2.05, 4.69) is 36.1 Å². The molecule has 0 bridgehead atoms. The number of halogens is 1. The number of fused-ring (bicyclic) bond motifs is 1. The standard InChI is InChI=1S/C19H20BrN5O2S2/c1-2-25-17(27)15-16(22-18(29-15)24-9-3-4-10-24)23-19(25)28-11-14(26)21-13-7-5-12(20)6-8-13/h5-8H,2-4,9-11H2,1H3,(H,21,26). The number of carbonyl (C=O) groups excluding carboxylic acids is 1. The van der Waals surface area contributed by atoms with Crippen LogP contribution in [0.2, 0.25) is 0 Å². The first kappa shape index (κ1) is 20.4. The summed E-state index contributed by atoms with van der Waals surface area (Å²) in [4.78, 5) is 36.7. The van der Waals surface area contributed by atoms with Crippen molar-refractivity contribution in [3.8, 4) is 0 Å². The van der Waals surface area contributed by atoms with Gasteiger partial charge in [0.1, 0.15) is 4.70 Å². The second kappa shape index (κ2) is 8.85. The Morgan fingerprint density at radius 2 is 1.97 bits per heavy atom. The van der Waals surface area contributed by atoms with E-state index in [1.165, 1.54) is 23.1 Å². The minimum Gasteiger partial charge on any atom is -0.348 e. The Hall–Kier alpha value is -1.91. The lowest BCUT2D eigenvalue weighted by molar-refractivity contribution is -0.113. The third-order valence-corrected chi connectivity index (χ3v) is 7.22. The van der Waals surface area contributed by atoms with E-state index in [0.717, 1.165) is 41.2 Å². The largest absolute Gasteiger partial charge is 0.348 e. The number of carbonyl (C=O) groups is 1. The zero-order valence-electron chi connectivity index (χ0n) is 15.9. The number of anilines is 2. The lowest BCUT2D eigenvalue weighted by Gasteiger charge is -2.11. The van der Waals surface area contributed by atoms with E-state index in [4.69, 9.17) is 0 Å². The Kier molecular flexibility index (Phi) is 6.21. The Morgan fingerprint density at radius 3 is 2.66 bits per heavy atom. The van der Waals surface area contributed by atoms with E-state index in [1.807, 2.05) is 31.2 Å². The van der Waals surface area contributed by atoms with Crippen LogP contribution in [-0.2, 0) is 11.3 Å². The van der Waals surface area contributed by atoms with Gasteiger partial charge >= 0.3 is 0 Å². The van der Waals surface area contributed by atoms with Crippen molar-refractivity contribution in [1.29, 1.82) is 0 Å². The molecule has 1 aliphatic rings. The fourth-order valence-electron chi connectivity index (χ4n) is 3.17. The number of thiazole rings is 1. The molecule has 3 heterocycles. The number of nitrogens with one attached hydrogen (secondary N) is 1. The van der Waals surface area contributed by atoms with Gasteiger partial charge < -0.3 is 10.2 Å². The zero-order valence-corrected chi connectivity index (χ0v) is 19.1. The molecule has 152 valence electrons. The van der Waals surface area contributed by atoms with Crippen molar-refractivity contribution in [3.63, 3.8) is 0 Å². The lowest BCUT2D eigenvalue weighted by atomic mass is 10.3. The molecule has 1 amide bonds. The summed E-state index contributed by atoms with van der Waals surface area (Å²) in [5, 5.41) is 4.24. The van der Waals surface area contributed by atoms with Gasteiger partial charge in [-0.3, -0.25) is 14.2 Å². The van der Waals surface area contributed by atoms with Crippen LogP contribution < -0.4 is 15.8 Å². The Morgan fingerprint density at radius 1 is 1.24 bits per heavy atom. The van der Waals surface area contributed by atoms with Gasteiger partial charge in [0, 0.05) is 29.8 Å². The van der Waals surface area contributed by atoms with E-state index < -0.39 is 0 Å². The molecule has 29 heavy (non-hydrogen) atoms. The fourth-order valence-corrected chi connectivity index (χ4v) is 5.29. The van der Waals surface area contributed by atoms with Crippen LogP contribution in [0.3, 0.4) is 0 Å². The molecular weight excluding hydrogens is 474 g/mol. The van der Waals surface area contributed by atoms with Gasteiger partial charge in [0.2, 0.25) is 5.91 Å². The predicted molar refractivity (Wildman–Crippen MR) is 122 cm³/mol. The van der Waals surface area contributed by atoms with E-state index in [0.29, 0.717) is 22.0 Å². The van der Waals surface area contributed by atoms with Crippen LogP contribution in [0.4, 0.5) is 10.8 Å². The smallest absolute Gasteiger partial charge is 0.273 e. The maximum Gasteiger partial charge on any atom is 0.273 e. The molecule has 0 radical (unpaired) electrons. The average molecular weight is 494 g/mol. The third-order valence-electron chi connectivity index (χ3n) is 4.62. The van der Waals surface area contributed by atoms with Crippen LogP contribution in [0.25, 0.3) is 10.3 Å². The number of hydrogen-bond acceptors (Lipinski definition) is 7. The summed E-state index contributed by atoms with van der Waals surface area (Å²) in [7, 11) is 0. The molecule has 1 aromatic carbocycles. The number of nitrogens with zero attached hydrogens (tertiary/aromatic N) is 4. The zero-order chi connectivity index (χ0) is 20.4. The van der Waals surface area contributed by atoms with Crippen LogP contribution in [0, 0.1) is 0 Å². The summed E-state index contributed by atoms with van der Waals surface area (Å²) in [5.74, 6) is 0.0160. The number of aromatic nitrogens is 3. The van der Waals surface area contributed by atoms with Gasteiger partial charge in [-0.2, -0.15) is 4.98 Å². The molecule has 10 heteroatoms. The quantitative estimate of drug-likeness (QED) is 0.413. The first-order valence-electron chi connectivity index (χ1n) is 9.39. The third kappa shape index (κ3) is 4.49. The van der Waals surface area contributed by atoms with Gasteiger partial charge in [-0.1, -0.05) is 39.0 Å². The predicted octanol–water partition coefficient (Wildman–Crippen LogP) is 3.97. The number of benzene rings is 1. The van der Waals surface area contributed by atoms with E-state index >= 15 is 0 Å². The van der Waals surface area contributed by atoms with Crippen molar-refractivity contribution in [1.82, 2.24) is 14.5 Å². The molecule has 0 aliphatic carbocycles. The van der Waals surface area contributed by atoms with Crippen molar-refractivity contribution < 1.29 is 4.79 Å². The van der Waals surface area contributed by atoms with Gasteiger partial charge in [0.15, 0.2) is 15.9 Å². The number of hydrogen-bond donors (Lipinski definition) is 1. The second-order valence-corrected chi connectivity index (χ2v) is 9.47. The highest BCUT2D eigenvalue weighted by Crippen LogP contribution is 2.29. The molecule has 4 rings (SSSR count). The summed E-state index contributed by atoms with van der Waals surface area (Å²) in [6, 6.07) is 7.39. The summed E-state index contributed by atoms with van der Waals surface area (Å²) in [6.07, 6.45) is 2.30. The molecule has 1 saturated heterocycles. The van der Waals surface area contributed by atoms with E-state index in [1.54, 1.807) is 4.57 Å². The van der Waals surface area contributed by atoms with Crippen LogP contribution in [0.5, 0.6) is 0 Å². The normalized spacial score (nSPS) is 13.9. The topological polar surface area (TPSA) is 80.1 Å². The first-order chi connectivity index (χ1) is 14.0. The molecular formula is C19H20BrN5O2S2. The van der Waals surface area contributed by atoms with Gasteiger partial charge in [-0.25, -0.2) is 4.98 Å². The van der Waals surface area contributed by atoms with E-state index in [9.17, 15) is 9.59 Å². The first-order valence-corrected chi connectivity index (χ1v) is 12.0. The molecule has 0 unspecified atom stereocenters. The van der Waals surface area contributed by atoms with Crippen molar-refractivity contribution in [2.24, 2.45) is 0 Å². The van der Waals surface area contributed by atoms with E-state index in [-0.39, 0.29) is 17.2 Å². The molecule has 0 spiro atoms. The molecule has 1 aliphatic heterocycles. The lowest BCUT2D eigenvalue weighted by Crippen LogP contribution is -2.23. The minimum absolute atomic E-state index is 0.0868. The molecule has 0 atom stereocenters. The number of amides is 1. The highest BCUT2D eigenvalue weighted by Gasteiger charge is 2.20.